The molecule has 0 spiro atoms. The van der Waals surface area contributed by atoms with Gasteiger partial charge in [0.25, 0.3) is 0 Å². The van der Waals surface area contributed by atoms with Crippen LogP contribution in [0.2, 0.25) is 5.28 Å². The standard InChI is InChI=1S/C28H47ClN4O6S/c1-21(2)40(37,38)27-25-26(31-28(29)32-27)30-22(3)33(25)18-16-14-12-10-8-6-4-5-7-9-11-13-15-17-24(36)39-20-23(35)19-34/h21,23,34-35H,4-20H2,1-3H3/t23-/m1/s1. The molecule has 0 aliphatic rings. The van der Waals surface area contributed by atoms with E-state index in [-0.39, 0.29) is 22.9 Å². The van der Waals surface area contributed by atoms with Gasteiger partial charge in [-0.1, -0.05) is 70.6 Å². The number of sulfone groups is 1. The maximum atomic E-state index is 12.9. The Morgan fingerprint density at radius 1 is 0.900 bits per heavy atom. The Bertz CT molecular complexity index is 1160. The molecule has 2 aromatic heterocycles. The van der Waals surface area contributed by atoms with Gasteiger partial charge in [0.1, 0.15) is 24.1 Å². The number of imidazole rings is 1. The van der Waals surface area contributed by atoms with Gasteiger partial charge in [0.05, 0.1) is 11.9 Å². The zero-order valence-corrected chi connectivity index (χ0v) is 25.9. The highest BCUT2D eigenvalue weighted by molar-refractivity contribution is 7.92. The molecule has 2 aromatic rings. The minimum absolute atomic E-state index is 0.0327. The third kappa shape index (κ3) is 11.2. The third-order valence-electron chi connectivity index (χ3n) is 7.03. The number of hydrogen-bond donors (Lipinski definition) is 2. The van der Waals surface area contributed by atoms with Gasteiger partial charge in [0.15, 0.2) is 20.5 Å². The van der Waals surface area contributed by atoms with E-state index in [1.54, 1.807) is 13.8 Å². The Morgan fingerprint density at radius 3 is 1.95 bits per heavy atom. The van der Waals surface area contributed by atoms with E-state index in [2.05, 4.69) is 15.0 Å². The molecule has 0 radical (unpaired) electrons. The molecule has 0 amide bonds. The molecule has 1 atom stereocenters. The number of hydrogen-bond acceptors (Lipinski definition) is 9. The fraction of sp³-hybridized carbons (Fsp3) is 0.786. The van der Waals surface area contributed by atoms with Crippen LogP contribution in [0.4, 0.5) is 0 Å². The number of carbonyl (C=O) groups excluding carboxylic acids is 1. The first-order chi connectivity index (χ1) is 19.1. The van der Waals surface area contributed by atoms with Gasteiger partial charge in [-0.25, -0.2) is 18.4 Å². The summed E-state index contributed by atoms with van der Waals surface area (Å²) in [6.45, 7) is 5.24. The van der Waals surface area contributed by atoms with Crippen LogP contribution in [-0.4, -0.2) is 68.7 Å². The van der Waals surface area contributed by atoms with E-state index in [4.69, 9.17) is 26.6 Å². The average Bonchev–Trinajstić information content (AvgIpc) is 3.22. The number of esters is 1. The van der Waals surface area contributed by atoms with Crippen molar-refractivity contribution in [3.63, 3.8) is 0 Å². The van der Waals surface area contributed by atoms with E-state index < -0.39 is 27.8 Å². The second kappa shape index (κ2) is 17.9. The van der Waals surface area contributed by atoms with Crippen molar-refractivity contribution in [3.8, 4) is 0 Å². The largest absolute Gasteiger partial charge is 0.463 e. The van der Waals surface area contributed by atoms with Crippen LogP contribution in [-0.2, 0) is 25.9 Å². The number of aliphatic hydroxyl groups is 2. The predicted octanol–water partition coefficient (Wildman–Crippen LogP) is 5.33. The monoisotopic (exact) mass is 602 g/mol. The minimum atomic E-state index is -3.63. The van der Waals surface area contributed by atoms with Gasteiger partial charge < -0.3 is 19.5 Å². The molecule has 0 aliphatic heterocycles. The first kappa shape index (κ1) is 34.4. The van der Waals surface area contributed by atoms with Gasteiger partial charge >= 0.3 is 5.97 Å². The van der Waals surface area contributed by atoms with Crippen LogP contribution in [0.25, 0.3) is 11.2 Å². The number of aryl methyl sites for hydroxylation is 2. The lowest BCUT2D eigenvalue weighted by molar-refractivity contribution is -0.147. The Labute approximate surface area is 243 Å². The SMILES string of the molecule is Cc1nc2nc(Cl)nc(S(=O)(=O)C(C)C)c2n1CCCCCCCCCCCCCCCC(=O)OC[C@H](O)CO. The number of rotatable bonds is 21. The molecule has 0 bridgehead atoms. The molecule has 10 nitrogen and oxygen atoms in total. The van der Waals surface area contributed by atoms with Crippen LogP contribution in [0.5, 0.6) is 0 Å². The van der Waals surface area contributed by atoms with Crippen molar-refractivity contribution in [2.24, 2.45) is 0 Å². The van der Waals surface area contributed by atoms with Gasteiger partial charge in [-0.15, -0.1) is 0 Å². The quantitative estimate of drug-likeness (QED) is 0.0838. The summed E-state index contributed by atoms with van der Waals surface area (Å²) in [6.07, 6.45) is 14.0. The Morgan fingerprint density at radius 2 is 1.43 bits per heavy atom. The summed E-state index contributed by atoms with van der Waals surface area (Å²) in [5.41, 5.74) is 0.779. The van der Waals surface area contributed by atoms with Crippen molar-refractivity contribution in [2.75, 3.05) is 13.2 Å². The zero-order chi connectivity index (χ0) is 29.5. The summed E-state index contributed by atoms with van der Waals surface area (Å²) in [5.74, 6) is 0.397. The van der Waals surface area contributed by atoms with Crippen molar-refractivity contribution >= 4 is 38.6 Å². The van der Waals surface area contributed by atoms with Crippen LogP contribution >= 0.6 is 11.6 Å². The lowest BCUT2D eigenvalue weighted by Gasteiger charge is -2.12. The Balaban J connectivity index is 1.56. The number of aromatic nitrogens is 4. The predicted molar refractivity (Wildman–Crippen MR) is 156 cm³/mol. The highest BCUT2D eigenvalue weighted by Crippen LogP contribution is 2.26. The van der Waals surface area contributed by atoms with Gasteiger partial charge in [-0.2, -0.15) is 4.98 Å². The van der Waals surface area contributed by atoms with Gasteiger partial charge in [0, 0.05) is 13.0 Å². The smallest absolute Gasteiger partial charge is 0.305 e. The Kier molecular flexibility index (Phi) is 15.4. The molecule has 0 aliphatic carbocycles. The fourth-order valence-corrected chi connectivity index (χ4v) is 5.93. The molecule has 2 heterocycles. The second-order valence-electron chi connectivity index (χ2n) is 10.7. The van der Waals surface area contributed by atoms with E-state index in [1.807, 2.05) is 11.5 Å². The van der Waals surface area contributed by atoms with E-state index in [9.17, 15) is 13.2 Å². The molecular weight excluding hydrogens is 556 g/mol. The maximum absolute atomic E-state index is 12.9. The third-order valence-corrected chi connectivity index (χ3v) is 9.27. The highest BCUT2D eigenvalue weighted by Gasteiger charge is 2.28. The summed E-state index contributed by atoms with van der Waals surface area (Å²) < 4.78 is 32.6. The number of carbonyl (C=O) groups is 1. The molecule has 2 rings (SSSR count). The molecule has 40 heavy (non-hydrogen) atoms. The summed E-state index contributed by atoms with van der Waals surface area (Å²) in [5, 5.41) is 17.1. The zero-order valence-electron chi connectivity index (χ0n) is 24.3. The van der Waals surface area contributed by atoms with Gasteiger partial charge in [0.2, 0.25) is 5.28 Å². The lowest BCUT2D eigenvalue weighted by atomic mass is 10.0. The van der Waals surface area contributed by atoms with Crippen LogP contribution in [0.1, 0.15) is 110 Å². The first-order valence-electron chi connectivity index (χ1n) is 14.7. The van der Waals surface area contributed by atoms with E-state index in [0.717, 1.165) is 38.5 Å². The molecular formula is C28H47ClN4O6S. The number of halogens is 1. The van der Waals surface area contributed by atoms with Crippen LogP contribution in [0.15, 0.2) is 5.03 Å². The van der Waals surface area contributed by atoms with Crippen molar-refractivity contribution < 1.29 is 28.2 Å². The molecule has 0 fully saturated rings. The first-order valence-corrected chi connectivity index (χ1v) is 16.6. The molecule has 228 valence electrons. The summed E-state index contributed by atoms with van der Waals surface area (Å²) in [6, 6.07) is 0. The van der Waals surface area contributed by atoms with Crippen molar-refractivity contribution in [2.45, 2.75) is 134 Å². The van der Waals surface area contributed by atoms with Crippen molar-refractivity contribution in [1.82, 2.24) is 19.5 Å². The minimum Gasteiger partial charge on any atom is -0.463 e. The van der Waals surface area contributed by atoms with Crippen LogP contribution in [0, 0.1) is 6.92 Å². The fourth-order valence-electron chi connectivity index (χ4n) is 4.58. The van der Waals surface area contributed by atoms with E-state index in [0.29, 0.717) is 30.0 Å². The molecule has 0 unspecified atom stereocenters. The summed E-state index contributed by atoms with van der Waals surface area (Å²) in [7, 11) is -3.63. The molecule has 2 N–H and O–H groups in total. The normalized spacial score (nSPS) is 12.9. The number of unbranched alkanes of at least 4 members (excludes halogenated alkanes) is 12. The second-order valence-corrected chi connectivity index (χ2v) is 13.5. The number of fused-ring (bicyclic) bond motifs is 1. The van der Waals surface area contributed by atoms with Gasteiger partial charge in [-0.05, 0) is 45.2 Å². The molecule has 12 heteroatoms. The topological polar surface area (TPSA) is 144 Å². The molecule has 0 saturated heterocycles. The molecule has 0 aromatic carbocycles. The Hall–Kier alpha value is -1.82. The summed E-state index contributed by atoms with van der Waals surface area (Å²) in [4.78, 5) is 24.2. The molecule has 0 saturated carbocycles. The highest BCUT2D eigenvalue weighted by atomic mass is 35.5. The maximum Gasteiger partial charge on any atom is 0.305 e. The van der Waals surface area contributed by atoms with Crippen molar-refractivity contribution in [3.05, 3.63) is 11.1 Å². The average molecular weight is 603 g/mol. The number of ether oxygens (including phenoxy) is 1. The van der Waals surface area contributed by atoms with Crippen LogP contribution < -0.4 is 0 Å². The van der Waals surface area contributed by atoms with Crippen LogP contribution in [0.3, 0.4) is 0 Å². The number of nitrogens with zero attached hydrogens (tertiary/aromatic N) is 4. The number of aliphatic hydroxyl groups excluding tert-OH is 2. The van der Waals surface area contributed by atoms with Crippen molar-refractivity contribution in [1.29, 1.82) is 0 Å². The lowest BCUT2D eigenvalue weighted by Crippen LogP contribution is -2.21. The van der Waals surface area contributed by atoms with E-state index in [1.165, 1.54) is 44.9 Å². The van der Waals surface area contributed by atoms with E-state index >= 15 is 0 Å². The summed E-state index contributed by atoms with van der Waals surface area (Å²) >= 11 is 6.00. The van der Waals surface area contributed by atoms with Gasteiger partial charge in [-0.3, -0.25) is 4.79 Å².